The van der Waals surface area contributed by atoms with Gasteiger partial charge >= 0.3 is 5.97 Å². The largest absolute Gasteiger partial charge is 0.480 e. The van der Waals surface area contributed by atoms with Crippen LogP contribution in [0.15, 0.2) is 17.6 Å². The highest BCUT2D eigenvalue weighted by Crippen LogP contribution is 2.41. The lowest BCUT2D eigenvalue weighted by molar-refractivity contribution is -0.144. The summed E-state index contributed by atoms with van der Waals surface area (Å²) in [4.78, 5) is 18.8. The molecule has 1 aromatic rings. The van der Waals surface area contributed by atoms with Crippen molar-refractivity contribution in [3.05, 3.63) is 12.4 Å². The van der Waals surface area contributed by atoms with Gasteiger partial charge in [-0.15, -0.1) is 0 Å². The summed E-state index contributed by atoms with van der Waals surface area (Å²) in [7, 11) is 0. The Hall–Kier alpha value is -1.01. The van der Waals surface area contributed by atoms with E-state index in [4.69, 9.17) is 0 Å². The number of imidazole rings is 1. The van der Waals surface area contributed by atoms with Crippen LogP contribution in [-0.4, -0.2) is 37.9 Å². The smallest absolute Gasteiger partial charge is 0.323 e. The molecular formula is C12H17N3O2S. The molecular weight excluding hydrogens is 250 g/mol. The van der Waals surface area contributed by atoms with Crippen molar-refractivity contribution in [3.63, 3.8) is 0 Å². The van der Waals surface area contributed by atoms with Gasteiger partial charge in [-0.3, -0.25) is 10.1 Å². The van der Waals surface area contributed by atoms with Gasteiger partial charge in [0.05, 0.1) is 0 Å². The Morgan fingerprint density at radius 1 is 1.56 bits per heavy atom. The van der Waals surface area contributed by atoms with Gasteiger partial charge in [-0.25, -0.2) is 4.98 Å². The number of nitrogens with zero attached hydrogens (tertiary/aromatic N) is 1. The predicted octanol–water partition coefficient (Wildman–Crippen LogP) is 1.63. The van der Waals surface area contributed by atoms with Gasteiger partial charge in [0, 0.05) is 23.7 Å². The van der Waals surface area contributed by atoms with Crippen LogP contribution in [0.4, 0.5) is 0 Å². The van der Waals surface area contributed by atoms with Crippen molar-refractivity contribution in [2.75, 3.05) is 0 Å². The summed E-state index contributed by atoms with van der Waals surface area (Å²) in [6, 6.07) is 0.425. The molecule has 2 saturated carbocycles. The molecule has 5 nitrogen and oxygen atoms in total. The zero-order valence-electron chi connectivity index (χ0n) is 10.1. The van der Waals surface area contributed by atoms with E-state index in [1.165, 1.54) is 0 Å². The van der Waals surface area contributed by atoms with Gasteiger partial charge in [0.1, 0.15) is 5.54 Å². The lowest BCUT2D eigenvalue weighted by Crippen LogP contribution is -2.51. The van der Waals surface area contributed by atoms with E-state index in [0.29, 0.717) is 17.7 Å². The van der Waals surface area contributed by atoms with Crippen LogP contribution in [-0.2, 0) is 4.79 Å². The average molecular weight is 267 g/mol. The maximum atomic E-state index is 11.5. The van der Waals surface area contributed by atoms with Gasteiger partial charge in [0.15, 0.2) is 5.16 Å². The number of aliphatic carboxylic acids is 1. The summed E-state index contributed by atoms with van der Waals surface area (Å²) in [5.41, 5.74) is -0.703. The topological polar surface area (TPSA) is 78.0 Å². The molecule has 0 amide bonds. The maximum Gasteiger partial charge on any atom is 0.323 e. The SMILES string of the molecule is O=C(O)C1(NC2CC2)CCC(Sc2ncc[nH]2)C1. The lowest BCUT2D eigenvalue weighted by atomic mass is 9.98. The van der Waals surface area contributed by atoms with Crippen molar-refractivity contribution in [1.82, 2.24) is 15.3 Å². The molecule has 0 aliphatic heterocycles. The van der Waals surface area contributed by atoms with Crippen LogP contribution in [0.5, 0.6) is 0 Å². The first-order chi connectivity index (χ1) is 8.68. The number of carboxylic acid groups (broad SMARTS) is 1. The second-order valence-electron chi connectivity index (χ2n) is 5.18. The molecule has 18 heavy (non-hydrogen) atoms. The minimum absolute atomic E-state index is 0.332. The first-order valence-corrected chi connectivity index (χ1v) is 7.23. The molecule has 2 fully saturated rings. The van der Waals surface area contributed by atoms with E-state index in [1.807, 2.05) is 0 Å². The Kier molecular flexibility index (Phi) is 3.07. The number of hydrogen-bond acceptors (Lipinski definition) is 4. The highest BCUT2D eigenvalue weighted by Gasteiger charge is 2.48. The van der Waals surface area contributed by atoms with Crippen LogP contribution < -0.4 is 5.32 Å². The zero-order chi connectivity index (χ0) is 12.6. The number of aromatic nitrogens is 2. The third-order valence-corrected chi connectivity index (χ3v) is 4.87. The number of carboxylic acids is 1. The predicted molar refractivity (Wildman–Crippen MR) is 68.6 cm³/mol. The number of nitrogens with one attached hydrogen (secondary N) is 2. The molecule has 0 saturated heterocycles. The standard InChI is InChI=1S/C12H17N3O2S/c16-10(17)12(15-8-1-2-8)4-3-9(7-12)18-11-13-5-6-14-11/h5-6,8-9,15H,1-4,7H2,(H,13,14)(H,16,17). The quantitative estimate of drug-likeness (QED) is 0.756. The summed E-state index contributed by atoms with van der Waals surface area (Å²) in [6.45, 7) is 0. The fourth-order valence-electron chi connectivity index (χ4n) is 2.58. The van der Waals surface area contributed by atoms with Crippen LogP contribution in [0.2, 0.25) is 0 Å². The molecule has 2 atom stereocenters. The lowest BCUT2D eigenvalue weighted by Gasteiger charge is -2.25. The Morgan fingerprint density at radius 2 is 2.39 bits per heavy atom. The molecule has 1 aromatic heterocycles. The summed E-state index contributed by atoms with van der Waals surface area (Å²) in [5.74, 6) is -0.697. The van der Waals surface area contributed by atoms with Gasteiger partial charge in [-0.2, -0.15) is 0 Å². The Bertz CT molecular complexity index is 433. The summed E-state index contributed by atoms with van der Waals surface area (Å²) < 4.78 is 0. The first kappa shape index (κ1) is 12.0. The molecule has 2 aliphatic carbocycles. The van der Waals surface area contributed by atoms with Gasteiger partial charge in [0.2, 0.25) is 0 Å². The van der Waals surface area contributed by atoms with Crippen molar-refractivity contribution >= 4 is 17.7 Å². The highest BCUT2D eigenvalue weighted by atomic mass is 32.2. The van der Waals surface area contributed by atoms with E-state index >= 15 is 0 Å². The average Bonchev–Trinajstić information content (AvgIpc) is 2.84. The van der Waals surface area contributed by atoms with Crippen LogP contribution in [0.3, 0.4) is 0 Å². The number of aromatic amines is 1. The van der Waals surface area contributed by atoms with Crippen molar-refractivity contribution < 1.29 is 9.90 Å². The maximum absolute atomic E-state index is 11.5. The Labute approximate surface area is 110 Å². The zero-order valence-corrected chi connectivity index (χ0v) is 10.9. The normalized spacial score (nSPS) is 31.7. The van der Waals surface area contributed by atoms with E-state index < -0.39 is 11.5 Å². The summed E-state index contributed by atoms with van der Waals surface area (Å²) in [6.07, 6.45) is 8.09. The van der Waals surface area contributed by atoms with Crippen LogP contribution in [0, 0.1) is 0 Å². The molecule has 98 valence electrons. The van der Waals surface area contributed by atoms with E-state index in [1.54, 1.807) is 24.2 Å². The Balaban J connectivity index is 1.65. The molecule has 3 N–H and O–H groups in total. The molecule has 6 heteroatoms. The minimum atomic E-state index is -0.703. The van der Waals surface area contributed by atoms with Crippen molar-refractivity contribution in [2.45, 2.75) is 54.1 Å². The molecule has 2 unspecified atom stereocenters. The van der Waals surface area contributed by atoms with Crippen LogP contribution in [0.1, 0.15) is 32.1 Å². The second kappa shape index (κ2) is 4.59. The first-order valence-electron chi connectivity index (χ1n) is 6.35. The number of hydrogen-bond donors (Lipinski definition) is 3. The van der Waals surface area contributed by atoms with E-state index in [9.17, 15) is 9.90 Å². The fraction of sp³-hybridized carbons (Fsp3) is 0.667. The second-order valence-corrected chi connectivity index (χ2v) is 6.47. The Morgan fingerprint density at radius 3 is 3.00 bits per heavy atom. The molecule has 3 rings (SSSR count). The van der Waals surface area contributed by atoms with E-state index in [-0.39, 0.29) is 0 Å². The molecule has 0 bridgehead atoms. The third kappa shape index (κ3) is 2.40. The molecule has 1 heterocycles. The number of thioether (sulfide) groups is 1. The third-order valence-electron chi connectivity index (χ3n) is 3.69. The minimum Gasteiger partial charge on any atom is -0.480 e. The van der Waals surface area contributed by atoms with Crippen molar-refractivity contribution in [1.29, 1.82) is 0 Å². The van der Waals surface area contributed by atoms with Gasteiger partial charge < -0.3 is 10.1 Å². The van der Waals surface area contributed by atoms with E-state index in [0.717, 1.165) is 30.8 Å². The van der Waals surface area contributed by atoms with Crippen molar-refractivity contribution in [2.24, 2.45) is 0 Å². The van der Waals surface area contributed by atoms with Crippen LogP contribution in [0.25, 0.3) is 0 Å². The molecule has 0 spiro atoms. The van der Waals surface area contributed by atoms with E-state index in [2.05, 4.69) is 15.3 Å². The molecule has 2 aliphatic rings. The number of H-pyrrole nitrogens is 1. The van der Waals surface area contributed by atoms with Crippen molar-refractivity contribution in [3.8, 4) is 0 Å². The van der Waals surface area contributed by atoms with Gasteiger partial charge in [-0.1, -0.05) is 11.8 Å². The molecule has 0 aromatic carbocycles. The van der Waals surface area contributed by atoms with Gasteiger partial charge in [0.25, 0.3) is 0 Å². The highest BCUT2D eigenvalue weighted by molar-refractivity contribution is 7.99. The number of rotatable bonds is 5. The monoisotopic (exact) mass is 267 g/mol. The fourth-order valence-corrected chi connectivity index (χ4v) is 3.76. The number of carbonyl (C=O) groups is 1. The summed E-state index contributed by atoms with van der Waals surface area (Å²) >= 11 is 1.66. The summed E-state index contributed by atoms with van der Waals surface area (Å²) in [5, 5.41) is 14.0. The van der Waals surface area contributed by atoms with Gasteiger partial charge in [-0.05, 0) is 32.1 Å². The van der Waals surface area contributed by atoms with Crippen LogP contribution >= 0.6 is 11.8 Å². The molecule has 0 radical (unpaired) electrons.